The Morgan fingerprint density at radius 3 is 2.92 bits per heavy atom. The van der Waals surface area contributed by atoms with Gasteiger partial charge in [-0.25, -0.2) is 0 Å². The van der Waals surface area contributed by atoms with E-state index < -0.39 is 0 Å². The molecule has 0 N–H and O–H groups in total. The molecule has 0 radical (unpaired) electrons. The molecule has 0 amide bonds. The van der Waals surface area contributed by atoms with E-state index in [9.17, 15) is 0 Å². The van der Waals surface area contributed by atoms with E-state index in [0.29, 0.717) is 11.3 Å². The van der Waals surface area contributed by atoms with Crippen LogP contribution in [-0.4, -0.2) is 0 Å². The molecule has 0 aromatic carbocycles. The molecule has 0 saturated heterocycles. The average Bonchev–Trinajstić information content (AvgIpc) is 2.10. The van der Waals surface area contributed by atoms with Crippen molar-refractivity contribution in [2.75, 3.05) is 0 Å². The third kappa shape index (κ3) is 1.69. The second kappa shape index (κ2) is 3.75. The summed E-state index contributed by atoms with van der Waals surface area (Å²) in [5.41, 5.74) is 0.295. The fraction of sp³-hybridized carbons (Fsp3) is 0.500. The van der Waals surface area contributed by atoms with Crippen molar-refractivity contribution in [2.45, 2.75) is 26.2 Å². The largest absolute Gasteiger partial charge is 0.103 e. The number of allylic oxidation sites excluding steroid dienone is 4. The molecule has 0 bridgehead atoms. The van der Waals surface area contributed by atoms with Gasteiger partial charge in [-0.15, -0.1) is 13.2 Å². The van der Waals surface area contributed by atoms with Gasteiger partial charge in [0.15, 0.2) is 0 Å². The summed E-state index contributed by atoms with van der Waals surface area (Å²) in [7, 11) is 0. The standard InChI is InChI=1S/C12H18/c1-4-8-11-9-6-7-10-12(11,3)5-2/h4-6,9,11H,1-2,7-8,10H2,3H3/t11-,12+/m1/s1. The van der Waals surface area contributed by atoms with E-state index in [1.54, 1.807) is 0 Å². The van der Waals surface area contributed by atoms with E-state index in [0.717, 1.165) is 6.42 Å². The third-order valence-corrected chi connectivity index (χ3v) is 2.95. The number of rotatable bonds is 3. The zero-order chi connectivity index (χ0) is 9.03. The SMILES string of the molecule is C=CC[C@@H]1C=CCC[C@]1(C)C=C. The fourth-order valence-corrected chi connectivity index (χ4v) is 1.84. The molecule has 0 nitrogen and oxygen atoms in total. The first-order valence-corrected chi connectivity index (χ1v) is 4.64. The quantitative estimate of drug-likeness (QED) is 0.555. The highest BCUT2D eigenvalue weighted by molar-refractivity contribution is 5.10. The van der Waals surface area contributed by atoms with Gasteiger partial charge in [-0.2, -0.15) is 0 Å². The highest BCUT2D eigenvalue weighted by atomic mass is 14.3. The van der Waals surface area contributed by atoms with Crippen LogP contribution in [0.2, 0.25) is 0 Å². The first-order chi connectivity index (χ1) is 5.73. The monoisotopic (exact) mass is 162 g/mol. The first-order valence-electron chi connectivity index (χ1n) is 4.64. The highest BCUT2D eigenvalue weighted by Gasteiger charge is 2.29. The average molecular weight is 162 g/mol. The van der Waals surface area contributed by atoms with Crippen molar-refractivity contribution in [1.29, 1.82) is 0 Å². The van der Waals surface area contributed by atoms with Crippen molar-refractivity contribution >= 4 is 0 Å². The third-order valence-electron chi connectivity index (χ3n) is 2.95. The minimum absolute atomic E-state index is 0.295. The Morgan fingerprint density at radius 2 is 2.33 bits per heavy atom. The predicted molar refractivity (Wildman–Crippen MR) is 55.0 cm³/mol. The van der Waals surface area contributed by atoms with E-state index in [4.69, 9.17) is 0 Å². The number of hydrogen-bond donors (Lipinski definition) is 0. The smallest absolute Gasteiger partial charge is 0.00806 e. The Hall–Kier alpha value is -0.780. The van der Waals surface area contributed by atoms with Gasteiger partial charge in [-0.1, -0.05) is 31.2 Å². The summed E-state index contributed by atoms with van der Waals surface area (Å²) in [6.07, 6.45) is 12.2. The zero-order valence-electron chi connectivity index (χ0n) is 7.92. The molecular weight excluding hydrogens is 144 g/mol. The molecule has 0 fully saturated rings. The van der Waals surface area contributed by atoms with E-state index in [-0.39, 0.29) is 0 Å². The van der Waals surface area contributed by atoms with E-state index in [1.807, 2.05) is 6.08 Å². The van der Waals surface area contributed by atoms with E-state index in [1.165, 1.54) is 12.8 Å². The molecule has 66 valence electrons. The molecule has 0 heterocycles. The molecule has 1 rings (SSSR count). The summed E-state index contributed by atoms with van der Waals surface area (Å²) in [5, 5.41) is 0. The van der Waals surface area contributed by atoms with Crippen LogP contribution in [0.15, 0.2) is 37.5 Å². The first kappa shape index (κ1) is 9.31. The lowest BCUT2D eigenvalue weighted by atomic mass is 9.69. The maximum absolute atomic E-state index is 3.92. The van der Waals surface area contributed by atoms with Crippen molar-refractivity contribution in [3.63, 3.8) is 0 Å². The number of hydrogen-bond acceptors (Lipinski definition) is 0. The van der Waals surface area contributed by atoms with Gasteiger partial charge in [-0.05, 0) is 30.6 Å². The molecular formula is C12H18. The van der Waals surface area contributed by atoms with Gasteiger partial charge in [-0.3, -0.25) is 0 Å². The van der Waals surface area contributed by atoms with E-state index >= 15 is 0 Å². The second-order valence-corrected chi connectivity index (χ2v) is 3.81. The van der Waals surface area contributed by atoms with Crippen molar-refractivity contribution in [2.24, 2.45) is 11.3 Å². The van der Waals surface area contributed by atoms with Gasteiger partial charge in [0.2, 0.25) is 0 Å². The predicted octanol–water partition coefficient (Wildman–Crippen LogP) is 3.72. The lowest BCUT2D eigenvalue weighted by Gasteiger charge is -2.35. The molecule has 1 aliphatic rings. The van der Waals surface area contributed by atoms with Gasteiger partial charge in [0.25, 0.3) is 0 Å². The normalized spacial score (nSPS) is 34.6. The Labute approximate surface area is 75.7 Å². The van der Waals surface area contributed by atoms with Crippen molar-refractivity contribution in [3.8, 4) is 0 Å². The van der Waals surface area contributed by atoms with Crippen LogP contribution in [0.4, 0.5) is 0 Å². The van der Waals surface area contributed by atoms with Crippen LogP contribution in [0.25, 0.3) is 0 Å². The van der Waals surface area contributed by atoms with Gasteiger partial charge < -0.3 is 0 Å². The molecule has 12 heavy (non-hydrogen) atoms. The van der Waals surface area contributed by atoms with Gasteiger partial charge in [0.05, 0.1) is 0 Å². The summed E-state index contributed by atoms with van der Waals surface area (Å²) < 4.78 is 0. The maximum Gasteiger partial charge on any atom is -0.00806 e. The molecule has 0 saturated carbocycles. The minimum atomic E-state index is 0.295. The topological polar surface area (TPSA) is 0 Å². The minimum Gasteiger partial charge on any atom is -0.103 e. The molecule has 1 aliphatic carbocycles. The van der Waals surface area contributed by atoms with Crippen molar-refractivity contribution in [3.05, 3.63) is 37.5 Å². The van der Waals surface area contributed by atoms with Crippen molar-refractivity contribution in [1.82, 2.24) is 0 Å². The van der Waals surface area contributed by atoms with Crippen LogP contribution < -0.4 is 0 Å². The molecule has 0 aromatic heterocycles. The van der Waals surface area contributed by atoms with Crippen LogP contribution in [0.5, 0.6) is 0 Å². The molecule has 0 spiro atoms. The lowest BCUT2D eigenvalue weighted by Crippen LogP contribution is -2.25. The summed E-state index contributed by atoms with van der Waals surface area (Å²) >= 11 is 0. The summed E-state index contributed by atoms with van der Waals surface area (Å²) in [6, 6.07) is 0. The second-order valence-electron chi connectivity index (χ2n) is 3.81. The maximum atomic E-state index is 3.92. The summed E-state index contributed by atoms with van der Waals surface area (Å²) in [4.78, 5) is 0. The van der Waals surface area contributed by atoms with Gasteiger partial charge >= 0.3 is 0 Å². The van der Waals surface area contributed by atoms with Crippen molar-refractivity contribution < 1.29 is 0 Å². The summed E-state index contributed by atoms with van der Waals surface area (Å²) in [6.45, 7) is 10.00. The summed E-state index contributed by atoms with van der Waals surface area (Å²) in [5.74, 6) is 0.612. The highest BCUT2D eigenvalue weighted by Crippen LogP contribution is 2.40. The van der Waals surface area contributed by atoms with Crippen LogP contribution in [0.3, 0.4) is 0 Å². The van der Waals surface area contributed by atoms with Crippen LogP contribution in [0.1, 0.15) is 26.2 Å². The molecule has 0 aliphatic heterocycles. The van der Waals surface area contributed by atoms with Crippen LogP contribution in [-0.2, 0) is 0 Å². The van der Waals surface area contributed by atoms with Crippen LogP contribution >= 0.6 is 0 Å². The van der Waals surface area contributed by atoms with Crippen LogP contribution in [0, 0.1) is 11.3 Å². The Kier molecular flexibility index (Phi) is 2.91. The Balaban J connectivity index is 2.77. The molecule has 0 heteroatoms. The molecule has 2 atom stereocenters. The van der Waals surface area contributed by atoms with Gasteiger partial charge in [0.1, 0.15) is 0 Å². The van der Waals surface area contributed by atoms with Gasteiger partial charge in [0, 0.05) is 0 Å². The van der Waals surface area contributed by atoms with E-state index in [2.05, 4.69) is 38.3 Å². The lowest BCUT2D eigenvalue weighted by molar-refractivity contribution is 0.275. The molecule has 0 unspecified atom stereocenters. The Bertz CT molecular complexity index is 200. The zero-order valence-corrected chi connectivity index (χ0v) is 7.92. The fourth-order valence-electron chi connectivity index (χ4n) is 1.84. The Morgan fingerprint density at radius 1 is 1.58 bits per heavy atom. The molecule has 0 aromatic rings.